The SMILES string of the molecule is CCOC(=O)C[C@H](c1cc(C)ccc1I)c1cc(C)ccc1OC(C)=O. The Labute approximate surface area is 168 Å². The Morgan fingerprint density at radius 3 is 2.27 bits per heavy atom. The van der Waals surface area contributed by atoms with Gasteiger partial charge in [0.2, 0.25) is 0 Å². The normalized spacial score (nSPS) is 11.7. The Balaban J connectivity index is 2.60. The fourth-order valence-corrected chi connectivity index (χ4v) is 3.60. The molecule has 0 saturated carbocycles. The summed E-state index contributed by atoms with van der Waals surface area (Å²) in [5.74, 6) is -0.432. The summed E-state index contributed by atoms with van der Waals surface area (Å²) >= 11 is 2.27. The van der Waals surface area contributed by atoms with Crippen LogP contribution in [0.1, 0.15) is 48.4 Å². The molecule has 5 heteroatoms. The molecule has 1 atom stereocenters. The number of aryl methyl sites for hydroxylation is 2. The van der Waals surface area contributed by atoms with E-state index in [-0.39, 0.29) is 24.3 Å². The highest BCUT2D eigenvalue weighted by Gasteiger charge is 2.25. The summed E-state index contributed by atoms with van der Waals surface area (Å²) in [6.45, 7) is 7.50. The first-order valence-corrected chi connectivity index (χ1v) is 9.60. The highest BCUT2D eigenvalue weighted by molar-refractivity contribution is 14.1. The molecule has 0 N–H and O–H groups in total. The van der Waals surface area contributed by atoms with E-state index < -0.39 is 0 Å². The van der Waals surface area contributed by atoms with Crippen molar-refractivity contribution < 1.29 is 19.1 Å². The van der Waals surface area contributed by atoms with Crippen molar-refractivity contribution in [2.75, 3.05) is 6.61 Å². The van der Waals surface area contributed by atoms with Gasteiger partial charge in [-0.15, -0.1) is 0 Å². The summed E-state index contributed by atoms with van der Waals surface area (Å²) in [7, 11) is 0. The van der Waals surface area contributed by atoms with Gasteiger partial charge >= 0.3 is 11.9 Å². The third-order valence-corrected chi connectivity index (χ3v) is 4.98. The minimum Gasteiger partial charge on any atom is -0.466 e. The van der Waals surface area contributed by atoms with Crippen LogP contribution < -0.4 is 4.74 Å². The monoisotopic (exact) mass is 466 g/mol. The van der Waals surface area contributed by atoms with E-state index >= 15 is 0 Å². The van der Waals surface area contributed by atoms with Gasteiger partial charge < -0.3 is 9.47 Å². The van der Waals surface area contributed by atoms with Crippen LogP contribution in [-0.4, -0.2) is 18.5 Å². The second-order valence-electron chi connectivity index (χ2n) is 6.22. The van der Waals surface area contributed by atoms with Crippen LogP contribution in [0.3, 0.4) is 0 Å². The van der Waals surface area contributed by atoms with Crippen molar-refractivity contribution >= 4 is 34.5 Å². The molecule has 2 rings (SSSR count). The highest BCUT2D eigenvalue weighted by atomic mass is 127. The number of ether oxygens (including phenoxy) is 2. The van der Waals surface area contributed by atoms with Gasteiger partial charge in [-0.05, 0) is 61.1 Å². The van der Waals surface area contributed by atoms with Crippen LogP contribution in [0.5, 0.6) is 5.75 Å². The lowest BCUT2D eigenvalue weighted by atomic mass is 9.86. The standard InChI is InChI=1S/C21H23IO4/c1-5-25-21(24)12-16(17-10-13(2)6-8-19(17)22)18-11-14(3)7-9-20(18)26-15(4)23/h6-11,16H,5,12H2,1-4H3/t16-/m1/s1. The molecule has 138 valence electrons. The van der Waals surface area contributed by atoms with E-state index in [0.717, 1.165) is 25.8 Å². The quantitative estimate of drug-likeness (QED) is 0.345. The topological polar surface area (TPSA) is 52.6 Å². The van der Waals surface area contributed by atoms with Crippen LogP contribution in [0.15, 0.2) is 36.4 Å². The average molecular weight is 466 g/mol. The molecule has 0 saturated heterocycles. The molecule has 0 aromatic heterocycles. The maximum Gasteiger partial charge on any atom is 0.308 e. The number of benzene rings is 2. The van der Waals surface area contributed by atoms with Crippen molar-refractivity contribution in [2.24, 2.45) is 0 Å². The lowest BCUT2D eigenvalue weighted by Crippen LogP contribution is -2.15. The van der Waals surface area contributed by atoms with Crippen molar-refractivity contribution in [3.05, 3.63) is 62.2 Å². The molecule has 0 aliphatic heterocycles. The largest absolute Gasteiger partial charge is 0.466 e. The zero-order chi connectivity index (χ0) is 19.3. The van der Waals surface area contributed by atoms with E-state index in [9.17, 15) is 9.59 Å². The van der Waals surface area contributed by atoms with Crippen LogP contribution >= 0.6 is 22.6 Å². The Hall–Kier alpha value is -1.89. The minimum atomic E-state index is -0.385. The summed E-state index contributed by atoms with van der Waals surface area (Å²) in [6, 6.07) is 11.8. The fraction of sp³-hybridized carbons (Fsp3) is 0.333. The average Bonchev–Trinajstić information content (AvgIpc) is 2.57. The lowest BCUT2D eigenvalue weighted by molar-refractivity contribution is -0.143. The van der Waals surface area contributed by atoms with Gasteiger partial charge in [-0.25, -0.2) is 0 Å². The summed E-state index contributed by atoms with van der Waals surface area (Å²) in [5, 5.41) is 0. The molecule has 2 aromatic carbocycles. The number of carbonyl (C=O) groups is 2. The third-order valence-electron chi connectivity index (χ3n) is 4.00. The molecule has 0 bridgehead atoms. The smallest absolute Gasteiger partial charge is 0.308 e. The first-order valence-electron chi connectivity index (χ1n) is 8.52. The number of esters is 2. The molecule has 2 aromatic rings. The number of hydrogen-bond donors (Lipinski definition) is 0. The lowest BCUT2D eigenvalue weighted by Gasteiger charge is -2.22. The number of rotatable bonds is 6. The highest BCUT2D eigenvalue weighted by Crippen LogP contribution is 2.38. The summed E-state index contributed by atoms with van der Waals surface area (Å²) < 4.78 is 11.7. The van der Waals surface area contributed by atoms with Gasteiger partial charge in [0, 0.05) is 22.0 Å². The zero-order valence-corrected chi connectivity index (χ0v) is 17.6. The van der Waals surface area contributed by atoms with Crippen LogP contribution in [-0.2, 0) is 14.3 Å². The predicted octanol–water partition coefficient (Wildman–Crippen LogP) is 4.92. The van der Waals surface area contributed by atoms with Crippen LogP contribution in [0.2, 0.25) is 0 Å². The van der Waals surface area contributed by atoms with Gasteiger partial charge in [0.25, 0.3) is 0 Å². The molecular formula is C21H23IO4. The van der Waals surface area contributed by atoms with Crippen molar-refractivity contribution in [1.29, 1.82) is 0 Å². The molecule has 0 aliphatic carbocycles. The third kappa shape index (κ3) is 5.30. The van der Waals surface area contributed by atoms with E-state index in [1.165, 1.54) is 6.92 Å². The first-order chi connectivity index (χ1) is 12.3. The molecule has 0 amide bonds. The maximum absolute atomic E-state index is 12.3. The van der Waals surface area contributed by atoms with Crippen molar-refractivity contribution in [3.63, 3.8) is 0 Å². The van der Waals surface area contributed by atoms with Gasteiger partial charge in [-0.2, -0.15) is 0 Å². The second kappa shape index (κ2) is 9.16. The Kier molecular flexibility index (Phi) is 7.20. The first kappa shape index (κ1) is 20.4. The van der Waals surface area contributed by atoms with Crippen molar-refractivity contribution in [2.45, 2.75) is 40.0 Å². The number of hydrogen-bond acceptors (Lipinski definition) is 4. The maximum atomic E-state index is 12.3. The van der Waals surface area contributed by atoms with E-state index in [1.807, 2.05) is 38.1 Å². The number of carbonyl (C=O) groups excluding carboxylic acids is 2. The second-order valence-corrected chi connectivity index (χ2v) is 7.38. The van der Waals surface area contributed by atoms with Crippen LogP contribution in [0.4, 0.5) is 0 Å². The molecule has 4 nitrogen and oxygen atoms in total. The van der Waals surface area contributed by atoms with Crippen LogP contribution in [0, 0.1) is 17.4 Å². The molecule has 0 heterocycles. The Bertz CT molecular complexity index is 814. The summed E-state index contributed by atoms with van der Waals surface area (Å²) in [6.07, 6.45) is 0.186. The Morgan fingerprint density at radius 2 is 1.65 bits per heavy atom. The van der Waals surface area contributed by atoms with Gasteiger partial charge in [0.05, 0.1) is 13.0 Å². The van der Waals surface area contributed by atoms with Gasteiger partial charge in [0.15, 0.2) is 0 Å². The van der Waals surface area contributed by atoms with Gasteiger partial charge in [0.1, 0.15) is 5.75 Å². The van der Waals surface area contributed by atoms with Gasteiger partial charge in [-0.3, -0.25) is 9.59 Å². The van der Waals surface area contributed by atoms with E-state index in [0.29, 0.717) is 12.4 Å². The molecular weight excluding hydrogens is 443 g/mol. The molecule has 0 fully saturated rings. The van der Waals surface area contributed by atoms with E-state index in [1.54, 1.807) is 13.0 Å². The van der Waals surface area contributed by atoms with Gasteiger partial charge in [-0.1, -0.05) is 35.4 Å². The van der Waals surface area contributed by atoms with E-state index in [4.69, 9.17) is 9.47 Å². The number of halogens is 1. The van der Waals surface area contributed by atoms with Crippen LogP contribution in [0.25, 0.3) is 0 Å². The fourth-order valence-electron chi connectivity index (χ4n) is 2.89. The van der Waals surface area contributed by atoms with E-state index in [2.05, 4.69) is 28.7 Å². The molecule has 0 radical (unpaired) electrons. The predicted molar refractivity (Wildman–Crippen MR) is 109 cm³/mol. The van der Waals surface area contributed by atoms with Crippen molar-refractivity contribution in [3.8, 4) is 5.75 Å². The molecule has 0 spiro atoms. The van der Waals surface area contributed by atoms with Crippen molar-refractivity contribution in [1.82, 2.24) is 0 Å². The minimum absolute atomic E-state index is 0.186. The summed E-state index contributed by atoms with van der Waals surface area (Å²) in [5.41, 5.74) is 3.98. The zero-order valence-electron chi connectivity index (χ0n) is 15.5. The molecule has 0 unspecified atom stereocenters. The Morgan fingerprint density at radius 1 is 1.04 bits per heavy atom. The molecule has 26 heavy (non-hydrogen) atoms. The molecule has 0 aliphatic rings. The summed E-state index contributed by atoms with van der Waals surface area (Å²) in [4.78, 5) is 23.8.